The van der Waals surface area contributed by atoms with Crippen LogP contribution in [0, 0.1) is 0 Å². The quantitative estimate of drug-likeness (QED) is 0.837. The van der Waals surface area contributed by atoms with E-state index in [2.05, 4.69) is 41.0 Å². The van der Waals surface area contributed by atoms with Crippen molar-refractivity contribution < 1.29 is 5.11 Å². The van der Waals surface area contributed by atoms with Crippen LogP contribution in [0.15, 0.2) is 36.7 Å². The molecule has 0 unspecified atom stereocenters. The predicted octanol–water partition coefficient (Wildman–Crippen LogP) is 1.85. The Kier molecular flexibility index (Phi) is 5.26. The highest BCUT2D eigenvalue weighted by Crippen LogP contribution is 2.11. The number of aromatic nitrogens is 3. The molecule has 0 atom stereocenters. The third-order valence-electron chi connectivity index (χ3n) is 3.17. The lowest BCUT2D eigenvalue weighted by Gasteiger charge is -2.21. The largest absolute Gasteiger partial charge is 0.395 e. The monoisotopic (exact) mass is 274 g/mol. The molecule has 20 heavy (non-hydrogen) atoms. The van der Waals surface area contributed by atoms with Gasteiger partial charge in [-0.1, -0.05) is 30.3 Å². The number of rotatable bonds is 7. The number of aliphatic hydroxyl groups excluding tert-OH is 1. The first-order valence-electron chi connectivity index (χ1n) is 6.96. The van der Waals surface area contributed by atoms with E-state index in [1.165, 1.54) is 5.56 Å². The molecular weight excluding hydrogens is 252 g/mol. The lowest BCUT2D eigenvalue weighted by atomic mass is 10.2. The summed E-state index contributed by atoms with van der Waals surface area (Å²) in [5, 5.41) is 13.5. The van der Waals surface area contributed by atoms with Gasteiger partial charge in [-0.15, -0.1) is 0 Å². The summed E-state index contributed by atoms with van der Waals surface area (Å²) in [6.45, 7) is 6.43. The van der Waals surface area contributed by atoms with Crippen molar-refractivity contribution in [1.29, 1.82) is 0 Å². The Morgan fingerprint density at radius 2 is 1.95 bits per heavy atom. The molecule has 0 amide bonds. The lowest BCUT2D eigenvalue weighted by Crippen LogP contribution is -2.28. The minimum atomic E-state index is 0.142. The van der Waals surface area contributed by atoms with E-state index in [4.69, 9.17) is 0 Å². The number of benzene rings is 1. The van der Waals surface area contributed by atoms with Crippen molar-refractivity contribution in [1.82, 2.24) is 19.7 Å². The van der Waals surface area contributed by atoms with Crippen molar-refractivity contribution >= 4 is 0 Å². The Hall–Kier alpha value is -1.72. The molecule has 0 bridgehead atoms. The van der Waals surface area contributed by atoms with Crippen LogP contribution in [0.25, 0.3) is 0 Å². The normalized spacial score (nSPS) is 11.4. The van der Waals surface area contributed by atoms with E-state index >= 15 is 0 Å². The van der Waals surface area contributed by atoms with Crippen LogP contribution >= 0.6 is 0 Å². The number of nitrogens with zero attached hydrogens (tertiary/aromatic N) is 4. The van der Waals surface area contributed by atoms with Gasteiger partial charge >= 0.3 is 0 Å². The summed E-state index contributed by atoms with van der Waals surface area (Å²) in [6.07, 6.45) is 1.59. The van der Waals surface area contributed by atoms with Crippen molar-refractivity contribution in [2.24, 2.45) is 0 Å². The van der Waals surface area contributed by atoms with Gasteiger partial charge in [-0.2, -0.15) is 5.10 Å². The first-order chi connectivity index (χ1) is 9.70. The fourth-order valence-corrected chi connectivity index (χ4v) is 2.22. The minimum Gasteiger partial charge on any atom is -0.395 e. The molecule has 2 aromatic rings. The van der Waals surface area contributed by atoms with Crippen LogP contribution < -0.4 is 0 Å². The number of hydrogen-bond acceptors (Lipinski definition) is 4. The topological polar surface area (TPSA) is 54.2 Å². The van der Waals surface area contributed by atoms with Crippen LogP contribution in [-0.4, -0.2) is 37.9 Å². The molecule has 108 valence electrons. The molecule has 5 heteroatoms. The van der Waals surface area contributed by atoms with E-state index in [0.29, 0.717) is 19.1 Å². The van der Waals surface area contributed by atoms with Crippen molar-refractivity contribution in [2.45, 2.75) is 33.0 Å². The molecule has 2 rings (SSSR count). The van der Waals surface area contributed by atoms with E-state index in [1.807, 2.05) is 22.9 Å². The van der Waals surface area contributed by atoms with Crippen LogP contribution in [0.3, 0.4) is 0 Å². The standard InChI is InChI=1S/C15H22N4O/c1-13(2)19-15(16-12-17-19)11-18(8-9-20)10-14-6-4-3-5-7-14/h3-7,12-13,20H,8-11H2,1-2H3. The first kappa shape index (κ1) is 14.7. The number of aliphatic hydroxyl groups is 1. The minimum absolute atomic E-state index is 0.142. The molecule has 1 heterocycles. The molecule has 5 nitrogen and oxygen atoms in total. The average Bonchev–Trinajstić information content (AvgIpc) is 2.88. The second-order valence-electron chi connectivity index (χ2n) is 5.13. The van der Waals surface area contributed by atoms with Gasteiger partial charge in [-0.25, -0.2) is 9.67 Å². The predicted molar refractivity (Wildman–Crippen MR) is 78.0 cm³/mol. The van der Waals surface area contributed by atoms with Gasteiger partial charge in [0.05, 0.1) is 13.2 Å². The highest BCUT2D eigenvalue weighted by atomic mass is 16.3. The maximum Gasteiger partial charge on any atom is 0.141 e. The summed E-state index contributed by atoms with van der Waals surface area (Å²) in [7, 11) is 0. The second kappa shape index (κ2) is 7.17. The molecule has 0 saturated heterocycles. The van der Waals surface area contributed by atoms with Gasteiger partial charge in [-0.05, 0) is 19.4 Å². The van der Waals surface area contributed by atoms with E-state index in [1.54, 1.807) is 6.33 Å². The molecule has 0 radical (unpaired) electrons. The molecule has 0 fully saturated rings. The van der Waals surface area contributed by atoms with Crippen molar-refractivity contribution in [3.05, 3.63) is 48.0 Å². The average molecular weight is 274 g/mol. The molecule has 0 saturated carbocycles. The molecule has 1 aromatic carbocycles. The molecular formula is C15H22N4O. The van der Waals surface area contributed by atoms with E-state index in [0.717, 1.165) is 12.4 Å². The van der Waals surface area contributed by atoms with Crippen LogP contribution in [0.5, 0.6) is 0 Å². The highest BCUT2D eigenvalue weighted by molar-refractivity contribution is 5.14. The summed E-state index contributed by atoms with van der Waals surface area (Å²) < 4.78 is 1.93. The van der Waals surface area contributed by atoms with Crippen molar-refractivity contribution in [3.8, 4) is 0 Å². The molecule has 0 aliphatic rings. The van der Waals surface area contributed by atoms with Crippen LogP contribution in [0.2, 0.25) is 0 Å². The molecule has 1 aromatic heterocycles. The maximum atomic E-state index is 9.24. The second-order valence-corrected chi connectivity index (χ2v) is 5.13. The third-order valence-corrected chi connectivity index (χ3v) is 3.17. The Morgan fingerprint density at radius 3 is 2.60 bits per heavy atom. The zero-order chi connectivity index (χ0) is 14.4. The van der Waals surface area contributed by atoms with Gasteiger partial charge in [0.15, 0.2) is 0 Å². The molecule has 0 spiro atoms. The lowest BCUT2D eigenvalue weighted by molar-refractivity contribution is 0.178. The van der Waals surface area contributed by atoms with E-state index in [9.17, 15) is 5.11 Å². The first-order valence-corrected chi connectivity index (χ1v) is 6.96. The fraction of sp³-hybridized carbons (Fsp3) is 0.467. The van der Waals surface area contributed by atoms with Gasteiger partial charge < -0.3 is 5.11 Å². The smallest absolute Gasteiger partial charge is 0.141 e. The Bertz CT molecular complexity index is 510. The SMILES string of the molecule is CC(C)n1ncnc1CN(CCO)Cc1ccccc1. The van der Waals surface area contributed by atoms with E-state index in [-0.39, 0.29) is 6.61 Å². The zero-order valence-corrected chi connectivity index (χ0v) is 12.1. The van der Waals surface area contributed by atoms with Gasteiger partial charge in [-0.3, -0.25) is 4.90 Å². The summed E-state index contributed by atoms with van der Waals surface area (Å²) in [5.41, 5.74) is 1.23. The van der Waals surface area contributed by atoms with Crippen LogP contribution in [0.4, 0.5) is 0 Å². The van der Waals surface area contributed by atoms with Crippen LogP contribution in [-0.2, 0) is 13.1 Å². The molecule has 1 N–H and O–H groups in total. The van der Waals surface area contributed by atoms with Gasteiger partial charge in [0.2, 0.25) is 0 Å². The molecule has 0 aliphatic heterocycles. The van der Waals surface area contributed by atoms with Crippen molar-refractivity contribution in [2.75, 3.05) is 13.2 Å². The Balaban J connectivity index is 2.07. The fourth-order valence-electron chi connectivity index (χ4n) is 2.22. The summed E-state index contributed by atoms with van der Waals surface area (Å²) in [5.74, 6) is 0.935. The maximum absolute atomic E-state index is 9.24. The number of hydrogen-bond donors (Lipinski definition) is 1. The zero-order valence-electron chi connectivity index (χ0n) is 12.1. The Morgan fingerprint density at radius 1 is 1.20 bits per heavy atom. The summed E-state index contributed by atoms with van der Waals surface area (Å²) >= 11 is 0. The third kappa shape index (κ3) is 3.88. The van der Waals surface area contributed by atoms with Crippen LogP contribution in [0.1, 0.15) is 31.3 Å². The van der Waals surface area contributed by atoms with Crippen molar-refractivity contribution in [3.63, 3.8) is 0 Å². The highest BCUT2D eigenvalue weighted by Gasteiger charge is 2.13. The van der Waals surface area contributed by atoms with E-state index < -0.39 is 0 Å². The molecule has 0 aliphatic carbocycles. The van der Waals surface area contributed by atoms with Gasteiger partial charge in [0, 0.05) is 19.1 Å². The Labute approximate surface area is 119 Å². The summed E-state index contributed by atoms with van der Waals surface area (Å²) in [6, 6.07) is 10.6. The van der Waals surface area contributed by atoms with Gasteiger partial charge in [0.1, 0.15) is 12.2 Å². The van der Waals surface area contributed by atoms with Gasteiger partial charge in [0.25, 0.3) is 0 Å². The summed E-state index contributed by atoms with van der Waals surface area (Å²) in [4.78, 5) is 6.51.